The molecule has 0 fully saturated rings. The Kier molecular flexibility index (Phi) is 5.08. The molecule has 0 heterocycles. The highest BCUT2D eigenvalue weighted by atomic mass is 16.2. The summed E-state index contributed by atoms with van der Waals surface area (Å²) < 4.78 is 0. The summed E-state index contributed by atoms with van der Waals surface area (Å²) in [5.74, 6) is -0.314. The van der Waals surface area contributed by atoms with Gasteiger partial charge in [-0.1, -0.05) is 38.1 Å². The van der Waals surface area contributed by atoms with Crippen LogP contribution in [-0.4, -0.2) is 23.6 Å². The summed E-state index contributed by atoms with van der Waals surface area (Å²) in [6, 6.07) is 8.22. The topological polar surface area (TPSA) is 37.4 Å². The van der Waals surface area contributed by atoms with Gasteiger partial charge in [-0.05, 0) is 23.5 Å². The first-order chi connectivity index (χ1) is 8.45. The van der Waals surface area contributed by atoms with Gasteiger partial charge in [-0.15, -0.1) is 0 Å². The fraction of sp³-hybridized carbons (Fsp3) is 0.467. The summed E-state index contributed by atoms with van der Waals surface area (Å²) in [6.07, 6.45) is 1.11. The molecule has 18 heavy (non-hydrogen) atoms. The lowest BCUT2D eigenvalue weighted by molar-refractivity contribution is -0.143. The van der Waals surface area contributed by atoms with Gasteiger partial charge in [-0.3, -0.25) is 9.59 Å². The van der Waals surface area contributed by atoms with E-state index < -0.39 is 11.7 Å². The predicted octanol–water partition coefficient (Wildman–Crippen LogP) is 2.75. The van der Waals surface area contributed by atoms with Crippen LogP contribution in [0.25, 0.3) is 0 Å². The molecule has 1 aromatic rings. The molecule has 0 saturated carbocycles. The Balaban J connectivity index is 2.69. The van der Waals surface area contributed by atoms with Crippen LogP contribution < -0.4 is 0 Å². The van der Waals surface area contributed by atoms with Crippen molar-refractivity contribution in [2.45, 2.75) is 39.7 Å². The molecule has 1 atom stereocenters. The largest absolute Gasteiger partial charge is 0.335 e. The third-order valence-electron chi connectivity index (χ3n) is 3.23. The normalized spacial score (nSPS) is 12.0. The quantitative estimate of drug-likeness (QED) is 0.750. The van der Waals surface area contributed by atoms with Crippen molar-refractivity contribution in [3.63, 3.8) is 0 Å². The van der Waals surface area contributed by atoms with Crippen molar-refractivity contribution in [2.24, 2.45) is 0 Å². The summed E-state index contributed by atoms with van der Waals surface area (Å²) >= 11 is 0. The van der Waals surface area contributed by atoms with Crippen molar-refractivity contribution in [3.05, 3.63) is 35.4 Å². The maximum Gasteiger partial charge on any atom is 0.289 e. The summed E-state index contributed by atoms with van der Waals surface area (Å²) in [5, 5.41) is 0. The molecule has 1 aromatic carbocycles. The molecule has 0 aromatic heterocycles. The Morgan fingerprint density at radius 2 is 1.78 bits per heavy atom. The molecule has 1 amide bonds. The van der Waals surface area contributed by atoms with Crippen LogP contribution in [0.1, 0.15) is 44.2 Å². The second kappa shape index (κ2) is 6.34. The van der Waals surface area contributed by atoms with Crippen molar-refractivity contribution in [1.82, 2.24) is 4.90 Å². The van der Waals surface area contributed by atoms with Crippen LogP contribution in [0.4, 0.5) is 0 Å². The highest BCUT2D eigenvalue weighted by Crippen LogP contribution is 2.19. The van der Waals surface area contributed by atoms with E-state index in [0.717, 1.165) is 12.0 Å². The predicted molar refractivity (Wildman–Crippen MR) is 72.3 cm³/mol. The molecule has 0 saturated heterocycles. The van der Waals surface area contributed by atoms with Crippen molar-refractivity contribution in [2.75, 3.05) is 7.05 Å². The number of Topliss-reactive ketones (excluding diaryl/α,β-unsaturated/α-hetero) is 1. The van der Waals surface area contributed by atoms with Gasteiger partial charge in [0.05, 0.1) is 0 Å². The van der Waals surface area contributed by atoms with Gasteiger partial charge < -0.3 is 4.90 Å². The zero-order valence-corrected chi connectivity index (χ0v) is 11.6. The minimum atomic E-state index is -0.444. The summed E-state index contributed by atoms with van der Waals surface area (Å²) in [7, 11) is 1.65. The lowest BCUT2D eigenvalue weighted by atomic mass is 9.97. The number of hydrogen-bond acceptors (Lipinski definition) is 2. The van der Waals surface area contributed by atoms with Gasteiger partial charge in [-0.2, -0.15) is 0 Å². The number of hydrogen-bond donors (Lipinski definition) is 0. The maximum absolute atomic E-state index is 11.4. The monoisotopic (exact) mass is 247 g/mol. The third-order valence-corrected chi connectivity index (χ3v) is 3.23. The minimum Gasteiger partial charge on any atom is -0.335 e. The number of likely N-dealkylation sites (N-methyl/N-ethyl adjacent to an activating group) is 1. The average molecular weight is 247 g/mol. The molecule has 1 rings (SSSR count). The van der Waals surface area contributed by atoms with E-state index in [1.165, 1.54) is 17.4 Å². The first kappa shape index (κ1) is 14.4. The van der Waals surface area contributed by atoms with E-state index in [-0.39, 0.29) is 0 Å². The molecule has 3 nitrogen and oxygen atoms in total. The van der Waals surface area contributed by atoms with E-state index in [0.29, 0.717) is 12.5 Å². The standard InChI is InChI=1S/C15H21NO2/c1-5-11(2)14-8-6-13(7-9-14)10-16(4)15(18)12(3)17/h6-9,11H,5,10H2,1-4H3. The van der Waals surface area contributed by atoms with Gasteiger partial charge in [0.1, 0.15) is 0 Å². The first-order valence-corrected chi connectivity index (χ1v) is 6.30. The third kappa shape index (κ3) is 3.69. The molecule has 3 heteroatoms. The van der Waals surface area contributed by atoms with Gasteiger partial charge in [0.15, 0.2) is 0 Å². The van der Waals surface area contributed by atoms with Crippen LogP contribution >= 0.6 is 0 Å². The number of rotatable bonds is 5. The van der Waals surface area contributed by atoms with Crippen LogP contribution in [0.15, 0.2) is 24.3 Å². The second-order valence-corrected chi connectivity index (χ2v) is 4.77. The highest BCUT2D eigenvalue weighted by molar-refractivity contribution is 6.34. The number of carbonyl (C=O) groups excluding carboxylic acids is 2. The summed E-state index contributed by atoms with van der Waals surface area (Å²) in [5.41, 5.74) is 2.35. The van der Waals surface area contributed by atoms with Gasteiger partial charge in [0.2, 0.25) is 5.78 Å². The molecule has 0 bridgehead atoms. The fourth-order valence-electron chi connectivity index (χ4n) is 1.80. The lowest BCUT2D eigenvalue weighted by Crippen LogP contribution is -2.31. The Morgan fingerprint density at radius 1 is 1.22 bits per heavy atom. The van der Waals surface area contributed by atoms with Crippen molar-refractivity contribution in [1.29, 1.82) is 0 Å². The Labute approximate surface area is 109 Å². The molecule has 0 aliphatic heterocycles. The highest BCUT2D eigenvalue weighted by Gasteiger charge is 2.13. The van der Waals surface area contributed by atoms with Gasteiger partial charge in [-0.25, -0.2) is 0 Å². The van der Waals surface area contributed by atoms with E-state index in [1.54, 1.807) is 7.05 Å². The van der Waals surface area contributed by atoms with Gasteiger partial charge >= 0.3 is 0 Å². The SMILES string of the molecule is CCC(C)c1ccc(CN(C)C(=O)C(C)=O)cc1. The fourth-order valence-corrected chi connectivity index (χ4v) is 1.80. The molecular weight excluding hydrogens is 226 g/mol. The number of nitrogens with zero attached hydrogens (tertiary/aromatic N) is 1. The number of carbonyl (C=O) groups is 2. The zero-order chi connectivity index (χ0) is 13.7. The van der Waals surface area contributed by atoms with E-state index in [4.69, 9.17) is 0 Å². The molecule has 0 aliphatic rings. The lowest BCUT2D eigenvalue weighted by Gasteiger charge is -2.16. The van der Waals surface area contributed by atoms with Crippen molar-refractivity contribution < 1.29 is 9.59 Å². The van der Waals surface area contributed by atoms with E-state index >= 15 is 0 Å². The molecule has 98 valence electrons. The maximum atomic E-state index is 11.4. The molecule has 1 unspecified atom stereocenters. The van der Waals surface area contributed by atoms with Gasteiger partial charge in [0.25, 0.3) is 5.91 Å². The number of benzene rings is 1. The van der Waals surface area contributed by atoms with Crippen LogP contribution in [0.2, 0.25) is 0 Å². The number of amides is 1. The molecule has 0 radical (unpaired) electrons. The van der Waals surface area contributed by atoms with Crippen molar-refractivity contribution in [3.8, 4) is 0 Å². The van der Waals surface area contributed by atoms with Gasteiger partial charge in [0, 0.05) is 20.5 Å². The molecular formula is C15H21NO2. The van der Waals surface area contributed by atoms with E-state index in [1.807, 2.05) is 12.1 Å². The molecule has 0 N–H and O–H groups in total. The Bertz CT molecular complexity index is 423. The Morgan fingerprint density at radius 3 is 2.22 bits per heavy atom. The second-order valence-electron chi connectivity index (χ2n) is 4.77. The zero-order valence-electron chi connectivity index (χ0n) is 11.6. The smallest absolute Gasteiger partial charge is 0.289 e. The summed E-state index contributed by atoms with van der Waals surface area (Å²) in [6.45, 7) is 6.13. The molecule has 0 spiro atoms. The van der Waals surface area contributed by atoms with Crippen LogP contribution in [-0.2, 0) is 16.1 Å². The average Bonchev–Trinajstić information content (AvgIpc) is 2.37. The van der Waals surface area contributed by atoms with Crippen molar-refractivity contribution >= 4 is 11.7 Å². The van der Waals surface area contributed by atoms with E-state index in [9.17, 15) is 9.59 Å². The van der Waals surface area contributed by atoms with Crippen LogP contribution in [0, 0.1) is 0 Å². The Hall–Kier alpha value is -1.64. The van der Waals surface area contributed by atoms with E-state index in [2.05, 4.69) is 26.0 Å². The minimum absolute atomic E-state index is 0.422. The molecule has 0 aliphatic carbocycles. The van der Waals surface area contributed by atoms with Crippen LogP contribution in [0.3, 0.4) is 0 Å². The van der Waals surface area contributed by atoms with Crippen LogP contribution in [0.5, 0.6) is 0 Å². The first-order valence-electron chi connectivity index (χ1n) is 6.30. The summed E-state index contributed by atoms with van der Waals surface area (Å²) in [4.78, 5) is 23.9. The number of ketones is 1.